The van der Waals surface area contributed by atoms with Crippen molar-refractivity contribution in [3.05, 3.63) is 46.1 Å². The van der Waals surface area contributed by atoms with E-state index in [1.165, 1.54) is 54.7 Å². The van der Waals surface area contributed by atoms with Gasteiger partial charge in [-0.05, 0) is 24.4 Å². The molecule has 3 rings (SSSR count). The third-order valence-electron chi connectivity index (χ3n) is 3.53. The van der Waals surface area contributed by atoms with Crippen molar-refractivity contribution in [2.24, 2.45) is 0 Å². The first-order valence-electron chi connectivity index (χ1n) is 7.47. The van der Waals surface area contributed by atoms with Crippen LogP contribution >= 0.6 is 23.1 Å². The van der Waals surface area contributed by atoms with E-state index < -0.39 is 10.2 Å². The Morgan fingerprint density at radius 1 is 1.38 bits per heavy atom. The number of methoxy groups -OCH3 is 1. The Bertz CT molecular complexity index is 976. The lowest BCUT2D eigenvalue weighted by Crippen LogP contribution is -2.23. The van der Waals surface area contributed by atoms with Crippen molar-refractivity contribution in [3.63, 3.8) is 0 Å². The number of carbonyl (C=O) groups is 1. The normalized spacial score (nSPS) is 11.9. The highest BCUT2D eigenvalue weighted by atomic mass is 32.2. The van der Waals surface area contributed by atoms with Crippen molar-refractivity contribution in [1.29, 1.82) is 0 Å². The lowest BCUT2D eigenvalue weighted by molar-refractivity contribution is -0.384. The van der Waals surface area contributed by atoms with Crippen molar-refractivity contribution >= 4 is 50.6 Å². The number of carbonyl (C=O) groups excluding carboxylic acids is 1. The number of nitrogens with one attached hydrogen (secondary N) is 1. The maximum absolute atomic E-state index is 12.5. The Labute approximate surface area is 156 Å². The average molecular weight is 390 g/mol. The Balaban J connectivity index is 1.78. The average Bonchev–Trinajstić information content (AvgIpc) is 3.11. The van der Waals surface area contributed by atoms with Crippen LogP contribution in [0.4, 0.5) is 11.4 Å². The first kappa shape index (κ1) is 18.1. The van der Waals surface area contributed by atoms with Crippen LogP contribution in [0.2, 0.25) is 0 Å². The molecular weight excluding hydrogens is 376 g/mol. The van der Waals surface area contributed by atoms with Gasteiger partial charge >= 0.3 is 0 Å². The number of nitro groups is 1. The van der Waals surface area contributed by atoms with E-state index in [-0.39, 0.29) is 17.3 Å². The molecule has 0 aliphatic carbocycles. The number of aromatic nitrogens is 2. The van der Waals surface area contributed by atoms with Crippen LogP contribution in [0.3, 0.4) is 0 Å². The quantitative estimate of drug-likeness (QED) is 0.296. The maximum atomic E-state index is 12.5. The number of fused-ring (bicyclic) bond motifs is 1. The minimum absolute atomic E-state index is 0.128. The van der Waals surface area contributed by atoms with E-state index in [0.29, 0.717) is 10.8 Å². The molecule has 0 aliphatic heterocycles. The summed E-state index contributed by atoms with van der Waals surface area (Å²) in [6, 6.07) is 5.96. The molecule has 0 radical (unpaired) electrons. The van der Waals surface area contributed by atoms with Crippen molar-refractivity contribution in [1.82, 2.24) is 9.97 Å². The Morgan fingerprint density at radius 2 is 2.19 bits per heavy atom. The van der Waals surface area contributed by atoms with E-state index in [1.54, 1.807) is 6.92 Å². The van der Waals surface area contributed by atoms with Crippen LogP contribution in [0.1, 0.15) is 6.92 Å². The van der Waals surface area contributed by atoms with Crippen molar-refractivity contribution in [2.45, 2.75) is 17.2 Å². The minimum atomic E-state index is -0.526. The molecule has 1 aromatic carbocycles. The zero-order valence-electron chi connectivity index (χ0n) is 13.8. The van der Waals surface area contributed by atoms with Crippen LogP contribution in [0.15, 0.2) is 41.0 Å². The lowest BCUT2D eigenvalue weighted by Gasteiger charge is -2.14. The highest BCUT2D eigenvalue weighted by Crippen LogP contribution is 2.32. The monoisotopic (exact) mass is 390 g/mol. The summed E-state index contributed by atoms with van der Waals surface area (Å²) in [6.45, 7) is 1.74. The van der Waals surface area contributed by atoms with Gasteiger partial charge in [0.25, 0.3) is 5.69 Å². The van der Waals surface area contributed by atoms with Crippen molar-refractivity contribution in [2.75, 3.05) is 12.4 Å². The van der Waals surface area contributed by atoms with Gasteiger partial charge in [0.15, 0.2) is 0 Å². The first-order valence-corrected chi connectivity index (χ1v) is 9.23. The van der Waals surface area contributed by atoms with Crippen LogP contribution < -0.4 is 10.1 Å². The summed E-state index contributed by atoms with van der Waals surface area (Å²) in [4.78, 5) is 32.2. The number of anilines is 1. The summed E-state index contributed by atoms with van der Waals surface area (Å²) in [5.74, 6) is 0.0409. The smallest absolute Gasteiger partial charge is 0.271 e. The van der Waals surface area contributed by atoms with E-state index in [0.717, 1.165) is 10.2 Å². The minimum Gasteiger partial charge on any atom is -0.495 e. The fourth-order valence-corrected chi connectivity index (χ4v) is 3.92. The molecule has 10 heteroatoms. The lowest BCUT2D eigenvalue weighted by atomic mass is 10.2. The van der Waals surface area contributed by atoms with Crippen LogP contribution in [0, 0.1) is 10.1 Å². The number of hydrogen-bond acceptors (Lipinski definition) is 8. The van der Waals surface area contributed by atoms with Gasteiger partial charge in [-0.15, -0.1) is 11.3 Å². The molecule has 0 spiro atoms. The molecule has 8 nitrogen and oxygen atoms in total. The van der Waals surface area contributed by atoms with E-state index in [4.69, 9.17) is 4.74 Å². The second-order valence-corrected chi connectivity index (χ2v) is 7.43. The predicted molar refractivity (Wildman–Crippen MR) is 101 cm³/mol. The van der Waals surface area contributed by atoms with Gasteiger partial charge in [0.05, 0.1) is 23.0 Å². The molecule has 0 aliphatic rings. The highest BCUT2D eigenvalue weighted by molar-refractivity contribution is 8.00. The van der Waals surface area contributed by atoms with Gasteiger partial charge in [-0.2, -0.15) is 0 Å². The summed E-state index contributed by atoms with van der Waals surface area (Å²) in [5.41, 5.74) is 0.125. The number of thiophene rings is 1. The SMILES string of the molecule is COc1ccc([N+](=O)[O-])cc1NC(=O)C(C)Sc1ncnc2sccc12. The third-order valence-corrected chi connectivity index (χ3v) is 5.47. The number of thioether (sulfide) groups is 1. The largest absolute Gasteiger partial charge is 0.495 e. The molecule has 2 heterocycles. The summed E-state index contributed by atoms with van der Waals surface area (Å²) in [7, 11) is 1.43. The van der Waals surface area contributed by atoms with Gasteiger partial charge in [0.2, 0.25) is 5.91 Å². The molecule has 1 N–H and O–H groups in total. The second kappa shape index (κ2) is 7.67. The molecule has 26 heavy (non-hydrogen) atoms. The van der Waals surface area contributed by atoms with Gasteiger partial charge in [-0.1, -0.05) is 11.8 Å². The molecule has 1 unspecified atom stereocenters. The zero-order chi connectivity index (χ0) is 18.7. The van der Waals surface area contributed by atoms with Crippen LogP contribution in [-0.4, -0.2) is 33.2 Å². The van der Waals surface area contributed by atoms with Crippen molar-refractivity contribution < 1.29 is 14.5 Å². The van der Waals surface area contributed by atoms with Gasteiger partial charge in [0, 0.05) is 17.5 Å². The molecule has 0 fully saturated rings. The fraction of sp³-hybridized carbons (Fsp3) is 0.188. The summed E-state index contributed by atoms with van der Waals surface area (Å²) < 4.78 is 5.16. The van der Waals surface area contributed by atoms with Crippen LogP contribution in [0.25, 0.3) is 10.2 Å². The molecule has 1 amide bonds. The number of nitro benzene ring substituents is 1. The molecular formula is C16H14N4O4S2. The maximum Gasteiger partial charge on any atom is 0.271 e. The molecule has 0 saturated carbocycles. The number of nitrogens with zero attached hydrogens (tertiary/aromatic N) is 3. The zero-order valence-corrected chi connectivity index (χ0v) is 15.5. The number of rotatable bonds is 6. The van der Waals surface area contributed by atoms with Gasteiger partial charge < -0.3 is 10.1 Å². The van der Waals surface area contributed by atoms with Crippen molar-refractivity contribution in [3.8, 4) is 5.75 Å². The van der Waals surface area contributed by atoms with Crippen LogP contribution in [-0.2, 0) is 4.79 Å². The Hall–Kier alpha value is -2.72. The van der Waals surface area contributed by atoms with E-state index in [1.807, 2.05) is 11.4 Å². The number of ether oxygens (including phenoxy) is 1. The predicted octanol–water partition coefficient (Wildman–Crippen LogP) is 3.73. The molecule has 0 saturated heterocycles. The third kappa shape index (κ3) is 3.75. The van der Waals surface area contributed by atoms with Gasteiger partial charge in [-0.3, -0.25) is 14.9 Å². The van der Waals surface area contributed by atoms with Gasteiger partial charge in [0.1, 0.15) is 21.9 Å². The number of hydrogen-bond donors (Lipinski definition) is 1. The molecule has 134 valence electrons. The highest BCUT2D eigenvalue weighted by Gasteiger charge is 2.20. The Morgan fingerprint density at radius 3 is 2.92 bits per heavy atom. The molecule has 2 aromatic heterocycles. The molecule has 1 atom stereocenters. The fourth-order valence-electron chi connectivity index (χ4n) is 2.22. The van der Waals surface area contributed by atoms with E-state index >= 15 is 0 Å². The second-order valence-electron chi connectivity index (χ2n) is 5.21. The van der Waals surface area contributed by atoms with Gasteiger partial charge in [-0.25, -0.2) is 9.97 Å². The number of amides is 1. The summed E-state index contributed by atoms with van der Waals surface area (Å²) in [5, 5.41) is 16.7. The van der Waals surface area contributed by atoms with E-state index in [9.17, 15) is 14.9 Å². The van der Waals surface area contributed by atoms with Crippen LogP contribution in [0.5, 0.6) is 5.75 Å². The standard InChI is InChI=1S/C16H14N4O4S2/c1-9(26-16-11-5-6-25-15(11)17-8-18-16)14(21)19-12-7-10(20(22)23)3-4-13(12)24-2/h3-9H,1-2H3,(H,19,21). The summed E-state index contributed by atoms with van der Waals surface area (Å²) >= 11 is 2.80. The number of benzene rings is 1. The number of non-ortho nitro benzene ring substituents is 1. The summed E-state index contributed by atoms with van der Waals surface area (Å²) in [6.07, 6.45) is 1.47. The Kier molecular flexibility index (Phi) is 5.33. The topological polar surface area (TPSA) is 107 Å². The molecule has 3 aromatic rings. The molecule has 0 bridgehead atoms. The van der Waals surface area contributed by atoms with E-state index in [2.05, 4.69) is 15.3 Å². The first-order chi connectivity index (χ1) is 12.5.